The molecule has 0 heterocycles. The number of halogens is 1. The van der Waals surface area contributed by atoms with Crippen molar-refractivity contribution in [1.29, 1.82) is 0 Å². The summed E-state index contributed by atoms with van der Waals surface area (Å²) >= 11 is 0. The summed E-state index contributed by atoms with van der Waals surface area (Å²) in [4.78, 5) is 0. The Morgan fingerprint density at radius 2 is 1.50 bits per heavy atom. The number of hydrogen-bond acceptors (Lipinski definition) is 3. The van der Waals surface area contributed by atoms with E-state index >= 15 is 0 Å². The molecule has 0 unspecified atom stereocenters. The van der Waals surface area contributed by atoms with Gasteiger partial charge in [-0.15, -0.1) is 0 Å². The summed E-state index contributed by atoms with van der Waals surface area (Å²) in [5.41, 5.74) is 4.65. The van der Waals surface area contributed by atoms with Crippen LogP contribution >= 0.6 is 0 Å². The SMILES string of the molecule is CCCc1ccc(-c2ccc(-c3ccc(OCCNCCCCOC)cc3)cc2F)cc1. The van der Waals surface area contributed by atoms with Crippen LogP contribution in [0, 0.1) is 5.82 Å². The fraction of sp³-hybridized carbons (Fsp3) is 0.357. The van der Waals surface area contributed by atoms with Gasteiger partial charge in [-0.1, -0.05) is 61.9 Å². The molecule has 0 bridgehead atoms. The van der Waals surface area contributed by atoms with Crippen molar-refractivity contribution in [3.8, 4) is 28.0 Å². The number of unbranched alkanes of at least 4 members (excludes halogenated alkanes) is 1. The molecule has 0 saturated carbocycles. The summed E-state index contributed by atoms with van der Waals surface area (Å²) in [6.45, 7) is 5.36. The molecular weight excluding hydrogens is 401 g/mol. The first-order chi connectivity index (χ1) is 15.7. The van der Waals surface area contributed by atoms with Gasteiger partial charge in [0.15, 0.2) is 0 Å². The number of ether oxygens (including phenoxy) is 2. The highest BCUT2D eigenvalue weighted by molar-refractivity contribution is 5.71. The molecule has 3 aromatic rings. The Morgan fingerprint density at radius 1 is 0.781 bits per heavy atom. The van der Waals surface area contributed by atoms with Gasteiger partial charge in [0.2, 0.25) is 0 Å². The zero-order valence-corrected chi connectivity index (χ0v) is 19.2. The zero-order chi connectivity index (χ0) is 22.6. The van der Waals surface area contributed by atoms with Crippen LogP contribution in [0.2, 0.25) is 0 Å². The molecular formula is C28H34FNO2. The Morgan fingerprint density at radius 3 is 2.19 bits per heavy atom. The lowest BCUT2D eigenvalue weighted by atomic mass is 9.98. The van der Waals surface area contributed by atoms with Gasteiger partial charge in [0, 0.05) is 25.8 Å². The van der Waals surface area contributed by atoms with E-state index < -0.39 is 0 Å². The van der Waals surface area contributed by atoms with Crippen LogP contribution in [0.1, 0.15) is 31.7 Å². The summed E-state index contributed by atoms with van der Waals surface area (Å²) < 4.78 is 25.7. The van der Waals surface area contributed by atoms with Crippen LogP contribution in [0.5, 0.6) is 5.75 Å². The molecule has 3 aromatic carbocycles. The van der Waals surface area contributed by atoms with Crippen molar-refractivity contribution in [2.45, 2.75) is 32.6 Å². The lowest BCUT2D eigenvalue weighted by molar-refractivity contribution is 0.192. The van der Waals surface area contributed by atoms with Gasteiger partial charge in [-0.2, -0.15) is 0 Å². The Balaban J connectivity index is 1.53. The van der Waals surface area contributed by atoms with Crippen LogP contribution in [0.4, 0.5) is 4.39 Å². The molecule has 1 N–H and O–H groups in total. The Bertz CT molecular complexity index is 939. The van der Waals surface area contributed by atoms with E-state index in [1.807, 2.05) is 48.5 Å². The number of aryl methyl sites for hydroxylation is 1. The van der Waals surface area contributed by atoms with Crippen molar-refractivity contribution in [2.24, 2.45) is 0 Å². The normalized spacial score (nSPS) is 11.0. The molecule has 0 aliphatic carbocycles. The molecule has 0 saturated heterocycles. The van der Waals surface area contributed by atoms with Crippen LogP contribution in [0.3, 0.4) is 0 Å². The van der Waals surface area contributed by atoms with E-state index in [9.17, 15) is 4.39 Å². The predicted octanol–water partition coefficient (Wildman–Crippen LogP) is 6.51. The predicted molar refractivity (Wildman–Crippen MR) is 131 cm³/mol. The van der Waals surface area contributed by atoms with Gasteiger partial charge >= 0.3 is 0 Å². The third-order valence-corrected chi connectivity index (χ3v) is 5.46. The van der Waals surface area contributed by atoms with Gasteiger partial charge in [0.25, 0.3) is 0 Å². The van der Waals surface area contributed by atoms with Gasteiger partial charge in [0.1, 0.15) is 18.2 Å². The van der Waals surface area contributed by atoms with Crippen molar-refractivity contribution in [3.05, 3.63) is 78.1 Å². The van der Waals surface area contributed by atoms with E-state index in [0.717, 1.165) is 67.8 Å². The summed E-state index contributed by atoms with van der Waals surface area (Å²) in [5, 5.41) is 3.36. The minimum atomic E-state index is -0.206. The van der Waals surface area contributed by atoms with Crippen LogP contribution in [-0.2, 0) is 11.2 Å². The Hall–Kier alpha value is -2.69. The molecule has 0 aliphatic rings. The number of nitrogens with one attached hydrogen (secondary N) is 1. The fourth-order valence-corrected chi connectivity index (χ4v) is 3.67. The van der Waals surface area contributed by atoms with Crippen molar-refractivity contribution in [1.82, 2.24) is 5.32 Å². The summed E-state index contributed by atoms with van der Waals surface area (Å²) in [6.07, 6.45) is 4.33. The molecule has 0 radical (unpaired) electrons. The topological polar surface area (TPSA) is 30.5 Å². The van der Waals surface area contributed by atoms with Crippen LogP contribution < -0.4 is 10.1 Å². The van der Waals surface area contributed by atoms with Gasteiger partial charge in [-0.05, 0) is 66.3 Å². The molecule has 0 atom stereocenters. The second-order valence-corrected chi connectivity index (χ2v) is 7.96. The van der Waals surface area contributed by atoms with Gasteiger partial charge in [0.05, 0.1) is 0 Å². The van der Waals surface area contributed by atoms with E-state index in [1.54, 1.807) is 13.2 Å². The first kappa shape index (κ1) is 24.0. The molecule has 0 amide bonds. The Kier molecular flexibility index (Phi) is 9.73. The monoisotopic (exact) mass is 435 g/mol. The molecule has 0 fully saturated rings. The van der Waals surface area contributed by atoms with Gasteiger partial charge < -0.3 is 14.8 Å². The second kappa shape index (κ2) is 13.0. The standard InChI is InChI=1S/C28H34FNO2/c1-3-6-22-7-9-24(10-8-22)27-16-13-25(21-28(27)29)23-11-14-26(15-12-23)32-20-18-30-17-4-5-19-31-2/h7-16,21,30H,3-6,17-20H2,1-2H3. The van der Waals surface area contributed by atoms with E-state index in [2.05, 4.69) is 24.4 Å². The number of benzene rings is 3. The first-order valence-corrected chi connectivity index (χ1v) is 11.5. The Labute approximate surface area is 191 Å². The highest BCUT2D eigenvalue weighted by atomic mass is 19.1. The van der Waals surface area contributed by atoms with Crippen molar-refractivity contribution >= 4 is 0 Å². The largest absolute Gasteiger partial charge is 0.492 e. The van der Waals surface area contributed by atoms with E-state index in [0.29, 0.717) is 12.2 Å². The average Bonchev–Trinajstić information content (AvgIpc) is 2.82. The number of rotatable bonds is 13. The first-order valence-electron chi connectivity index (χ1n) is 11.5. The van der Waals surface area contributed by atoms with E-state index in [4.69, 9.17) is 9.47 Å². The second-order valence-electron chi connectivity index (χ2n) is 7.96. The van der Waals surface area contributed by atoms with Crippen LogP contribution in [-0.4, -0.2) is 33.4 Å². The highest BCUT2D eigenvalue weighted by Gasteiger charge is 2.08. The number of methoxy groups -OCH3 is 1. The minimum Gasteiger partial charge on any atom is -0.492 e. The maximum Gasteiger partial charge on any atom is 0.131 e. The molecule has 32 heavy (non-hydrogen) atoms. The van der Waals surface area contributed by atoms with Crippen LogP contribution in [0.15, 0.2) is 66.7 Å². The van der Waals surface area contributed by atoms with Crippen molar-refractivity contribution in [2.75, 3.05) is 33.4 Å². The van der Waals surface area contributed by atoms with Crippen LogP contribution in [0.25, 0.3) is 22.3 Å². The minimum absolute atomic E-state index is 0.206. The quantitative estimate of drug-likeness (QED) is 0.311. The maximum atomic E-state index is 14.8. The number of hydrogen-bond donors (Lipinski definition) is 1. The molecule has 3 nitrogen and oxygen atoms in total. The maximum absolute atomic E-state index is 14.8. The van der Waals surface area contributed by atoms with Crippen molar-refractivity contribution in [3.63, 3.8) is 0 Å². The zero-order valence-electron chi connectivity index (χ0n) is 19.2. The lowest BCUT2D eigenvalue weighted by Gasteiger charge is -2.10. The van der Waals surface area contributed by atoms with E-state index in [1.165, 1.54) is 5.56 Å². The molecule has 3 rings (SSSR count). The molecule has 170 valence electrons. The third kappa shape index (κ3) is 7.18. The van der Waals surface area contributed by atoms with Crippen molar-refractivity contribution < 1.29 is 13.9 Å². The third-order valence-electron chi connectivity index (χ3n) is 5.46. The molecule has 0 aliphatic heterocycles. The highest BCUT2D eigenvalue weighted by Crippen LogP contribution is 2.29. The van der Waals surface area contributed by atoms with Gasteiger partial charge in [-0.25, -0.2) is 4.39 Å². The van der Waals surface area contributed by atoms with Gasteiger partial charge in [-0.3, -0.25) is 0 Å². The molecule has 0 aromatic heterocycles. The molecule has 4 heteroatoms. The summed E-state index contributed by atoms with van der Waals surface area (Å²) in [5.74, 6) is 0.613. The smallest absolute Gasteiger partial charge is 0.131 e. The summed E-state index contributed by atoms with van der Waals surface area (Å²) in [6, 6.07) is 21.4. The van der Waals surface area contributed by atoms with E-state index in [-0.39, 0.29) is 5.82 Å². The lowest BCUT2D eigenvalue weighted by Crippen LogP contribution is -2.22. The molecule has 0 spiro atoms. The summed E-state index contributed by atoms with van der Waals surface area (Å²) in [7, 11) is 1.73. The fourth-order valence-electron chi connectivity index (χ4n) is 3.67. The average molecular weight is 436 g/mol.